The monoisotopic (exact) mass is 157 g/mol. The second-order valence-electron chi connectivity index (χ2n) is 2.10. The van der Waals surface area contributed by atoms with Crippen molar-refractivity contribution in [2.24, 2.45) is 9.98 Å². The Morgan fingerprint density at radius 3 is 3.18 bits per heavy atom. The summed E-state index contributed by atoms with van der Waals surface area (Å²) in [5.74, 6) is -0.269. The Kier molecular flexibility index (Phi) is 2.30. The molecule has 60 valence electrons. The third-order valence-electron chi connectivity index (χ3n) is 1.12. The predicted molar refractivity (Wildman–Crippen MR) is 39.5 cm³/mol. The number of amides is 1. The zero-order chi connectivity index (χ0) is 8.27. The molecule has 0 spiro atoms. The molecule has 1 aliphatic rings. The van der Waals surface area contributed by atoms with Crippen molar-refractivity contribution in [3.8, 4) is 0 Å². The number of alkyl halides is 1. The molecule has 0 fully saturated rings. The Hall–Kier alpha value is -1.26. The van der Waals surface area contributed by atoms with Crippen molar-refractivity contribution >= 4 is 18.0 Å². The first-order chi connectivity index (χ1) is 5.20. The number of rotatable bonds is 0. The summed E-state index contributed by atoms with van der Waals surface area (Å²) in [6, 6.07) is 0. The molecule has 1 unspecified atom stereocenters. The Balaban J connectivity index is 2.57. The van der Waals surface area contributed by atoms with E-state index >= 15 is 0 Å². The van der Waals surface area contributed by atoms with Crippen LogP contribution in [0.4, 0.5) is 4.39 Å². The van der Waals surface area contributed by atoms with Crippen molar-refractivity contribution in [2.75, 3.05) is 6.67 Å². The largest absolute Gasteiger partial charge is 0.312 e. The van der Waals surface area contributed by atoms with Crippen LogP contribution in [-0.4, -0.2) is 30.8 Å². The molecule has 1 atom stereocenters. The van der Waals surface area contributed by atoms with E-state index in [0.717, 1.165) is 6.21 Å². The minimum Gasteiger partial charge on any atom is -0.312 e. The maximum atomic E-state index is 12.7. The fourth-order valence-electron chi connectivity index (χ4n) is 0.703. The fraction of sp³-hybridized carbons (Fsp3) is 0.500. The molecule has 0 aromatic heterocycles. The van der Waals surface area contributed by atoms with Gasteiger partial charge in [0.25, 0.3) is 0 Å². The van der Waals surface area contributed by atoms with Crippen molar-refractivity contribution in [1.29, 1.82) is 0 Å². The summed E-state index contributed by atoms with van der Waals surface area (Å²) in [5, 5.41) is 2.28. The van der Waals surface area contributed by atoms with Crippen LogP contribution in [0.15, 0.2) is 9.98 Å². The Morgan fingerprint density at radius 1 is 1.91 bits per heavy atom. The van der Waals surface area contributed by atoms with Gasteiger partial charge in [-0.15, -0.1) is 0 Å². The van der Waals surface area contributed by atoms with Crippen molar-refractivity contribution in [1.82, 2.24) is 5.32 Å². The molecule has 5 heteroatoms. The lowest BCUT2D eigenvalue weighted by Gasteiger charge is -2.10. The SMILES string of the molecule is CC(=O)NC1=NCN=CC1F. The van der Waals surface area contributed by atoms with Crippen molar-refractivity contribution < 1.29 is 9.18 Å². The minimum atomic E-state index is -1.37. The summed E-state index contributed by atoms with van der Waals surface area (Å²) < 4.78 is 12.7. The summed E-state index contributed by atoms with van der Waals surface area (Å²) in [5.41, 5.74) is 0. The Bertz CT molecular complexity index is 224. The van der Waals surface area contributed by atoms with E-state index in [9.17, 15) is 9.18 Å². The van der Waals surface area contributed by atoms with E-state index in [0.29, 0.717) is 0 Å². The number of carbonyl (C=O) groups is 1. The molecule has 0 radical (unpaired) electrons. The van der Waals surface area contributed by atoms with Gasteiger partial charge in [-0.25, -0.2) is 9.38 Å². The van der Waals surface area contributed by atoms with Crippen LogP contribution in [-0.2, 0) is 4.79 Å². The van der Waals surface area contributed by atoms with Crippen molar-refractivity contribution in [2.45, 2.75) is 13.1 Å². The molecule has 0 bridgehead atoms. The lowest BCUT2D eigenvalue weighted by atomic mass is 10.3. The highest BCUT2D eigenvalue weighted by molar-refractivity contribution is 6.07. The Labute approximate surface area is 63.2 Å². The van der Waals surface area contributed by atoms with E-state index in [2.05, 4.69) is 15.3 Å². The minimum absolute atomic E-state index is 0.0486. The van der Waals surface area contributed by atoms with Gasteiger partial charge in [-0.2, -0.15) is 0 Å². The summed E-state index contributed by atoms with van der Waals surface area (Å²) in [4.78, 5) is 17.7. The Morgan fingerprint density at radius 2 is 2.64 bits per heavy atom. The standard InChI is InChI=1S/C6H8FN3O/c1-4(11)10-6-5(7)2-8-3-9-6/h2,5H,3H2,1H3,(H,9,10,11). The molecule has 4 nitrogen and oxygen atoms in total. The number of nitrogens with zero attached hydrogens (tertiary/aromatic N) is 2. The van der Waals surface area contributed by atoms with Crippen molar-refractivity contribution in [3.05, 3.63) is 0 Å². The van der Waals surface area contributed by atoms with Crippen LogP contribution in [0.3, 0.4) is 0 Å². The van der Waals surface area contributed by atoms with Crippen LogP contribution in [0.25, 0.3) is 0 Å². The van der Waals surface area contributed by atoms with Crippen LogP contribution < -0.4 is 5.32 Å². The van der Waals surface area contributed by atoms with Gasteiger partial charge in [0.05, 0.1) is 0 Å². The smallest absolute Gasteiger partial charge is 0.222 e. The molecule has 0 aromatic carbocycles. The van der Waals surface area contributed by atoms with Gasteiger partial charge in [-0.3, -0.25) is 9.79 Å². The number of hydrogen-bond acceptors (Lipinski definition) is 3. The molecule has 0 aliphatic carbocycles. The topological polar surface area (TPSA) is 53.8 Å². The summed E-state index contributed by atoms with van der Waals surface area (Å²) in [7, 11) is 0. The van der Waals surface area contributed by atoms with Crippen LogP contribution >= 0.6 is 0 Å². The average molecular weight is 157 g/mol. The first-order valence-electron chi connectivity index (χ1n) is 3.16. The lowest BCUT2D eigenvalue weighted by Crippen LogP contribution is -2.37. The molecule has 1 rings (SSSR count). The van der Waals surface area contributed by atoms with Crippen LogP contribution in [0, 0.1) is 0 Å². The van der Waals surface area contributed by atoms with E-state index in [1.54, 1.807) is 0 Å². The molecule has 0 saturated heterocycles. The van der Waals surface area contributed by atoms with Gasteiger partial charge in [0.15, 0.2) is 6.17 Å². The highest BCUT2D eigenvalue weighted by atomic mass is 19.1. The summed E-state index contributed by atoms with van der Waals surface area (Å²) in [6.07, 6.45) is -0.245. The molecular weight excluding hydrogens is 149 g/mol. The summed E-state index contributed by atoms with van der Waals surface area (Å²) >= 11 is 0. The van der Waals surface area contributed by atoms with Gasteiger partial charge in [-0.05, 0) is 0 Å². The highest BCUT2D eigenvalue weighted by Crippen LogP contribution is 1.95. The second kappa shape index (κ2) is 3.23. The zero-order valence-corrected chi connectivity index (χ0v) is 6.04. The first kappa shape index (κ1) is 7.84. The molecule has 1 amide bonds. The number of carbonyl (C=O) groups excluding carboxylic acids is 1. The van der Waals surface area contributed by atoms with E-state index in [-0.39, 0.29) is 18.4 Å². The van der Waals surface area contributed by atoms with E-state index < -0.39 is 6.17 Å². The van der Waals surface area contributed by atoms with Crippen LogP contribution in [0.5, 0.6) is 0 Å². The van der Waals surface area contributed by atoms with Crippen molar-refractivity contribution in [3.63, 3.8) is 0 Å². The van der Waals surface area contributed by atoms with Gasteiger partial charge in [0, 0.05) is 13.1 Å². The van der Waals surface area contributed by atoms with E-state index in [1.807, 2.05) is 0 Å². The van der Waals surface area contributed by atoms with Gasteiger partial charge < -0.3 is 5.32 Å². The number of nitrogens with one attached hydrogen (secondary N) is 1. The van der Waals surface area contributed by atoms with Gasteiger partial charge in [0.1, 0.15) is 12.5 Å². The van der Waals surface area contributed by atoms with Gasteiger partial charge in [0.2, 0.25) is 5.91 Å². The first-order valence-corrected chi connectivity index (χ1v) is 3.16. The number of aliphatic imine (C=N–C) groups is 2. The highest BCUT2D eigenvalue weighted by Gasteiger charge is 2.15. The van der Waals surface area contributed by atoms with Crippen LogP contribution in [0.1, 0.15) is 6.92 Å². The second-order valence-corrected chi connectivity index (χ2v) is 2.10. The third-order valence-corrected chi connectivity index (χ3v) is 1.12. The number of amidine groups is 1. The average Bonchev–Trinajstić information content (AvgIpc) is 1.93. The van der Waals surface area contributed by atoms with Crippen LogP contribution in [0.2, 0.25) is 0 Å². The quantitative estimate of drug-likeness (QED) is 0.524. The fourth-order valence-corrected chi connectivity index (χ4v) is 0.703. The van der Waals surface area contributed by atoms with E-state index in [4.69, 9.17) is 0 Å². The predicted octanol–water partition coefficient (Wildman–Crippen LogP) is -0.0990. The normalized spacial score (nSPS) is 22.7. The molecule has 0 aromatic rings. The van der Waals surface area contributed by atoms with Gasteiger partial charge in [-0.1, -0.05) is 0 Å². The molecule has 11 heavy (non-hydrogen) atoms. The molecule has 1 heterocycles. The summed E-state index contributed by atoms with van der Waals surface area (Å²) in [6.45, 7) is 1.50. The van der Waals surface area contributed by atoms with E-state index in [1.165, 1.54) is 6.92 Å². The molecule has 1 aliphatic heterocycles. The number of halogens is 1. The number of hydrogen-bond donors (Lipinski definition) is 1. The molecule has 1 N–H and O–H groups in total. The van der Waals surface area contributed by atoms with Gasteiger partial charge >= 0.3 is 0 Å². The zero-order valence-electron chi connectivity index (χ0n) is 6.04. The molecule has 0 saturated carbocycles. The molecular formula is C6H8FN3O. The maximum Gasteiger partial charge on any atom is 0.222 e. The third kappa shape index (κ3) is 2.10. The lowest BCUT2D eigenvalue weighted by molar-refractivity contribution is -0.117. The maximum absolute atomic E-state index is 12.7.